The van der Waals surface area contributed by atoms with Gasteiger partial charge in [-0.15, -0.1) is 0 Å². The van der Waals surface area contributed by atoms with Crippen LogP contribution < -0.4 is 5.73 Å². The predicted octanol–water partition coefficient (Wildman–Crippen LogP) is 1.86. The molecule has 1 aliphatic heterocycles. The van der Waals surface area contributed by atoms with Crippen LogP contribution in [0, 0.1) is 0 Å². The lowest BCUT2D eigenvalue weighted by atomic mass is 10.0. The molecular formula is C12H21N3O. The Labute approximate surface area is 96.8 Å². The van der Waals surface area contributed by atoms with Crippen molar-refractivity contribution in [3.63, 3.8) is 0 Å². The van der Waals surface area contributed by atoms with Gasteiger partial charge in [-0.1, -0.05) is 6.92 Å². The van der Waals surface area contributed by atoms with Crippen molar-refractivity contribution in [2.45, 2.75) is 51.3 Å². The topological polar surface area (TPSA) is 53.1 Å². The fraction of sp³-hybridized carbons (Fsp3) is 0.750. The summed E-state index contributed by atoms with van der Waals surface area (Å²) in [5, 5.41) is 0. The van der Waals surface area contributed by atoms with E-state index in [1.54, 1.807) is 0 Å². The number of nitrogens with two attached hydrogens (primary N) is 1. The van der Waals surface area contributed by atoms with Crippen molar-refractivity contribution in [1.82, 2.24) is 9.55 Å². The molecule has 2 heterocycles. The third kappa shape index (κ3) is 2.44. The minimum atomic E-state index is -0.0816. The molecule has 90 valence electrons. The van der Waals surface area contributed by atoms with Gasteiger partial charge in [-0.2, -0.15) is 0 Å². The number of aryl methyl sites for hydroxylation is 1. The second kappa shape index (κ2) is 5.46. The molecule has 0 saturated carbocycles. The molecule has 1 aliphatic rings. The van der Waals surface area contributed by atoms with E-state index in [1.807, 2.05) is 12.4 Å². The number of imidazole rings is 1. The first-order valence-corrected chi connectivity index (χ1v) is 6.21. The molecule has 2 atom stereocenters. The lowest BCUT2D eigenvalue weighted by Gasteiger charge is -2.27. The van der Waals surface area contributed by atoms with Crippen LogP contribution in [0.5, 0.6) is 0 Å². The summed E-state index contributed by atoms with van der Waals surface area (Å²) in [7, 11) is 0. The third-order valence-corrected chi connectivity index (χ3v) is 3.13. The maximum absolute atomic E-state index is 6.24. The van der Waals surface area contributed by atoms with Crippen molar-refractivity contribution in [1.29, 1.82) is 0 Å². The van der Waals surface area contributed by atoms with Crippen LogP contribution in [0.1, 0.15) is 44.5 Å². The molecule has 0 spiro atoms. The standard InChI is InChI=1S/C12H21N3O/c1-2-7-15-8-6-14-12(15)11(13)10-5-3-4-9-16-10/h6,8,10-11H,2-5,7,9,13H2,1H3. The van der Waals surface area contributed by atoms with Gasteiger partial charge < -0.3 is 15.0 Å². The summed E-state index contributed by atoms with van der Waals surface area (Å²) in [6.07, 6.45) is 8.50. The highest BCUT2D eigenvalue weighted by molar-refractivity contribution is 5.01. The van der Waals surface area contributed by atoms with Crippen LogP contribution in [0.3, 0.4) is 0 Å². The Hall–Kier alpha value is -0.870. The molecule has 16 heavy (non-hydrogen) atoms. The predicted molar refractivity (Wildman–Crippen MR) is 63.0 cm³/mol. The van der Waals surface area contributed by atoms with E-state index in [0.29, 0.717) is 0 Å². The van der Waals surface area contributed by atoms with Gasteiger partial charge in [0, 0.05) is 25.5 Å². The lowest BCUT2D eigenvalue weighted by molar-refractivity contribution is -0.00225. The molecule has 0 aromatic carbocycles. The van der Waals surface area contributed by atoms with Crippen LogP contribution in [-0.2, 0) is 11.3 Å². The minimum Gasteiger partial charge on any atom is -0.376 e. The molecule has 0 radical (unpaired) electrons. The Morgan fingerprint density at radius 2 is 2.50 bits per heavy atom. The minimum absolute atomic E-state index is 0.0816. The van der Waals surface area contributed by atoms with E-state index in [4.69, 9.17) is 10.5 Å². The van der Waals surface area contributed by atoms with Gasteiger partial charge in [0.2, 0.25) is 0 Å². The Bertz CT molecular complexity index is 318. The molecule has 1 aromatic rings. The van der Waals surface area contributed by atoms with Crippen LogP contribution in [0.4, 0.5) is 0 Å². The Morgan fingerprint density at radius 1 is 1.62 bits per heavy atom. The number of rotatable bonds is 4. The number of aromatic nitrogens is 2. The van der Waals surface area contributed by atoms with Gasteiger partial charge in [-0.25, -0.2) is 4.98 Å². The van der Waals surface area contributed by atoms with Crippen molar-refractivity contribution in [3.8, 4) is 0 Å². The van der Waals surface area contributed by atoms with E-state index in [2.05, 4.69) is 16.5 Å². The molecule has 2 rings (SSSR count). The van der Waals surface area contributed by atoms with Crippen LogP contribution in [0.15, 0.2) is 12.4 Å². The molecule has 2 N–H and O–H groups in total. The summed E-state index contributed by atoms with van der Waals surface area (Å²) in [5.41, 5.74) is 6.24. The van der Waals surface area contributed by atoms with Crippen LogP contribution >= 0.6 is 0 Å². The van der Waals surface area contributed by atoms with Crippen molar-refractivity contribution >= 4 is 0 Å². The molecule has 4 nitrogen and oxygen atoms in total. The van der Waals surface area contributed by atoms with E-state index < -0.39 is 0 Å². The number of hydrogen-bond acceptors (Lipinski definition) is 3. The highest BCUT2D eigenvalue weighted by Gasteiger charge is 2.25. The van der Waals surface area contributed by atoms with E-state index >= 15 is 0 Å². The second-order valence-electron chi connectivity index (χ2n) is 4.41. The van der Waals surface area contributed by atoms with Crippen molar-refractivity contribution in [2.24, 2.45) is 5.73 Å². The third-order valence-electron chi connectivity index (χ3n) is 3.13. The smallest absolute Gasteiger partial charge is 0.128 e. The fourth-order valence-corrected chi connectivity index (χ4v) is 2.26. The van der Waals surface area contributed by atoms with E-state index in [0.717, 1.165) is 38.2 Å². The van der Waals surface area contributed by atoms with Crippen LogP contribution in [0.2, 0.25) is 0 Å². The summed E-state index contributed by atoms with van der Waals surface area (Å²) < 4.78 is 7.86. The van der Waals surface area contributed by atoms with Crippen LogP contribution in [0.25, 0.3) is 0 Å². The number of nitrogens with zero attached hydrogens (tertiary/aromatic N) is 2. The largest absolute Gasteiger partial charge is 0.376 e. The van der Waals surface area contributed by atoms with E-state index in [1.165, 1.54) is 6.42 Å². The number of hydrogen-bond donors (Lipinski definition) is 1. The monoisotopic (exact) mass is 223 g/mol. The van der Waals surface area contributed by atoms with Gasteiger partial charge in [-0.05, 0) is 25.7 Å². The normalized spacial score (nSPS) is 23.2. The van der Waals surface area contributed by atoms with Gasteiger partial charge in [0.15, 0.2) is 0 Å². The van der Waals surface area contributed by atoms with Crippen molar-refractivity contribution in [3.05, 3.63) is 18.2 Å². The average molecular weight is 223 g/mol. The summed E-state index contributed by atoms with van der Waals surface area (Å²) in [6, 6.07) is -0.0816. The first-order valence-electron chi connectivity index (χ1n) is 6.21. The first-order chi connectivity index (χ1) is 7.83. The van der Waals surface area contributed by atoms with Crippen LogP contribution in [-0.4, -0.2) is 22.3 Å². The Kier molecular flexibility index (Phi) is 3.96. The van der Waals surface area contributed by atoms with Gasteiger partial charge in [0.25, 0.3) is 0 Å². The zero-order valence-electron chi connectivity index (χ0n) is 9.93. The first kappa shape index (κ1) is 11.6. The van der Waals surface area contributed by atoms with Gasteiger partial charge >= 0.3 is 0 Å². The SMILES string of the molecule is CCCn1ccnc1C(N)C1CCCCO1. The summed E-state index contributed by atoms with van der Waals surface area (Å²) in [4.78, 5) is 4.37. The molecular weight excluding hydrogens is 202 g/mol. The fourth-order valence-electron chi connectivity index (χ4n) is 2.26. The van der Waals surface area contributed by atoms with E-state index in [-0.39, 0.29) is 12.1 Å². The molecule has 4 heteroatoms. The summed E-state index contributed by atoms with van der Waals surface area (Å²) in [5.74, 6) is 0.966. The Morgan fingerprint density at radius 3 is 3.19 bits per heavy atom. The molecule has 1 fully saturated rings. The number of ether oxygens (including phenoxy) is 1. The maximum atomic E-state index is 6.24. The molecule has 0 amide bonds. The maximum Gasteiger partial charge on any atom is 0.128 e. The summed E-state index contributed by atoms with van der Waals surface area (Å²) in [6.45, 7) is 3.98. The highest BCUT2D eigenvalue weighted by Crippen LogP contribution is 2.23. The lowest BCUT2D eigenvalue weighted by Crippen LogP contribution is -2.33. The average Bonchev–Trinajstić information content (AvgIpc) is 2.78. The van der Waals surface area contributed by atoms with Crippen molar-refractivity contribution < 1.29 is 4.74 Å². The molecule has 2 unspecified atom stereocenters. The van der Waals surface area contributed by atoms with E-state index in [9.17, 15) is 0 Å². The zero-order chi connectivity index (χ0) is 11.4. The zero-order valence-corrected chi connectivity index (χ0v) is 9.93. The highest BCUT2D eigenvalue weighted by atomic mass is 16.5. The van der Waals surface area contributed by atoms with Gasteiger partial charge in [0.1, 0.15) is 5.82 Å². The van der Waals surface area contributed by atoms with Gasteiger partial charge in [-0.3, -0.25) is 0 Å². The Balaban J connectivity index is 2.06. The molecule has 0 aliphatic carbocycles. The molecule has 0 bridgehead atoms. The molecule has 1 saturated heterocycles. The molecule has 1 aromatic heterocycles. The quantitative estimate of drug-likeness (QED) is 0.847. The summed E-state index contributed by atoms with van der Waals surface area (Å²) >= 11 is 0. The van der Waals surface area contributed by atoms with Crippen molar-refractivity contribution in [2.75, 3.05) is 6.61 Å². The van der Waals surface area contributed by atoms with Gasteiger partial charge in [0.05, 0.1) is 12.1 Å². The second-order valence-corrected chi connectivity index (χ2v) is 4.41.